The molecule has 1 atom stereocenters. The molecular formula is C14H19BrN4OS. The summed E-state index contributed by atoms with van der Waals surface area (Å²) in [6.45, 7) is 7.70. The standard InChI is InChI=1S/C14H19BrN4OS/c1-4-16-9(3)11-7-6-10(8-12(11)15)21-14-18-17-13(20)19(14)5-2/h6-9,16H,4-5H2,1-3H3,(H,17,20). The number of hydrogen-bond acceptors (Lipinski definition) is 4. The molecule has 1 heterocycles. The molecule has 1 aromatic heterocycles. The summed E-state index contributed by atoms with van der Waals surface area (Å²) < 4.78 is 2.68. The van der Waals surface area contributed by atoms with Crippen molar-refractivity contribution >= 4 is 27.7 Å². The summed E-state index contributed by atoms with van der Waals surface area (Å²) in [7, 11) is 0. The van der Waals surface area contributed by atoms with Gasteiger partial charge < -0.3 is 5.32 Å². The van der Waals surface area contributed by atoms with Crippen molar-refractivity contribution in [1.82, 2.24) is 20.1 Å². The molecule has 2 N–H and O–H groups in total. The van der Waals surface area contributed by atoms with Crippen LogP contribution in [0.3, 0.4) is 0 Å². The largest absolute Gasteiger partial charge is 0.343 e. The van der Waals surface area contributed by atoms with Crippen molar-refractivity contribution in [2.24, 2.45) is 0 Å². The number of aromatic nitrogens is 3. The van der Waals surface area contributed by atoms with E-state index >= 15 is 0 Å². The van der Waals surface area contributed by atoms with Gasteiger partial charge in [-0.05, 0) is 49.9 Å². The maximum atomic E-state index is 11.6. The van der Waals surface area contributed by atoms with Crippen LogP contribution in [0, 0.1) is 0 Å². The normalized spacial score (nSPS) is 12.6. The van der Waals surface area contributed by atoms with Crippen LogP contribution in [0.1, 0.15) is 32.4 Å². The number of hydrogen-bond donors (Lipinski definition) is 2. The average Bonchev–Trinajstić information content (AvgIpc) is 2.79. The summed E-state index contributed by atoms with van der Waals surface area (Å²) in [5, 5.41) is 10.6. The monoisotopic (exact) mass is 370 g/mol. The van der Waals surface area contributed by atoms with Crippen molar-refractivity contribution in [3.63, 3.8) is 0 Å². The summed E-state index contributed by atoms with van der Waals surface area (Å²) in [5.74, 6) is 0. The number of aromatic amines is 1. The van der Waals surface area contributed by atoms with Gasteiger partial charge in [0, 0.05) is 22.0 Å². The van der Waals surface area contributed by atoms with E-state index in [2.05, 4.69) is 63.5 Å². The van der Waals surface area contributed by atoms with Crippen molar-refractivity contribution in [2.45, 2.75) is 43.4 Å². The lowest BCUT2D eigenvalue weighted by molar-refractivity contribution is 0.595. The number of benzene rings is 1. The first-order valence-corrected chi connectivity index (χ1v) is 8.53. The fourth-order valence-electron chi connectivity index (χ4n) is 2.10. The third-order valence-corrected chi connectivity index (χ3v) is 4.87. The Balaban J connectivity index is 2.22. The highest BCUT2D eigenvalue weighted by molar-refractivity contribution is 9.10. The molecule has 2 aromatic rings. The first-order chi connectivity index (χ1) is 10.1. The Kier molecular flexibility index (Phi) is 5.66. The third kappa shape index (κ3) is 3.78. The molecule has 0 fully saturated rings. The van der Waals surface area contributed by atoms with Gasteiger partial charge in [-0.2, -0.15) is 0 Å². The van der Waals surface area contributed by atoms with Gasteiger partial charge in [-0.3, -0.25) is 4.57 Å². The molecule has 114 valence electrons. The van der Waals surface area contributed by atoms with Crippen LogP contribution in [-0.4, -0.2) is 21.3 Å². The van der Waals surface area contributed by atoms with E-state index in [1.807, 2.05) is 6.92 Å². The van der Waals surface area contributed by atoms with Gasteiger partial charge in [-0.15, -0.1) is 5.10 Å². The van der Waals surface area contributed by atoms with Crippen molar-refractivity contribution < 1.29 is 0 Å². The van der Waals surface area contributed by atoms with E-state index in [1.165, 1.54) is 17.3 Å². The second-order valence-electron chi connectivity index (χ2n) is 4.62. The molecule has 2 rings (SSSR count). The van der Waals surface area contributed by atoms with Crippen LogP contribution in [0.4, 0.5) is 0 Å². The second-order valence-corrected chi connectivity index (χ2v) is 6.52. The number of nitrogens with one attached hydrogen (secondary N) is 2. The van der Waals surface area contributed by atoms with E-state index in [-0.39, 0.29) is 5.69 Å². The van der Waals surface area contributed by atoms with Crippen LogP contribution in [0.15, 0.2) is 37.5 Å². The third-order valence-electron chi connectivity index (χ3n) is 3.20. The molecule has 21 heavy (non-hydrogen) atoms. The predicted octanol–water partition coefficient (Wildman–Crippen LogP) is 3.18. The quantitative estimate of drug-likeness (QED) is 0.819. The van der Waals surface area contributed by atoms with Crippen molar-refractivity contribution in [2.75, 3.05) is 6.54 Å². The molecule has 0 aliphatic rings. The Morgan fingerprint density at radius 1 is 1.48 bits per heavy atom. The van der Waals surface area contributed by atoms with E-state index in [9.17, 15) is 4.79 Å². The zero-order chi connectivity index (χ0) is 15.4. The molecular weight excluding hydrogens is 352 g/mol. The Hall–Kier alpha value is -1.05. The Bertz CT molecular complexity index is 667. The molecule has 1 aromatic carbocycles. The Labute approximate surface area is 136 Å². The zero-order valence-electron chi connectivity index (χ0n) is 12.3. The molecule has 0 bridgehead atoms. The average molecular weight is 371 g/mol. The minimum atomic E-state index is -0.170. The molecule has 0 spiro atoms. The van der Waals surface area contributed by atoms with E-state index in [1.54, 1.807) is 4.57 Å². The van der Waals surface area contributed by atoms with Crippen LogP contribution in [-0.2, 0) is 6.54 Å². The molecule has 7 heteroatoms. The van der Waals surface area contributed by atoms with Crippen molar-refractivity contribution in [3.8, 4) is 0 Å². The number of halogens is 1. The van der Waals surface area contributed by atoms with E-state index in [0.29, 0.717) is 17.7 Å². The molecule has 0 aliphatic heterocycles. The zero-order valence-corrected chi connectivity index (χ0v) is 14.7. The van der Waals surface area contributed by atoms with Crippen LogP contribution >= 0.6 is 27.7 Å². The van der Waals surface area contributed by atoms with Crippen LogP contribution in [0.5, 0.6) is 0 Å². The van der Waals surface area contributed by atoms with Gasteiger partial charge in [-0.25, -0.2) is 9.89 Å². The maximum Gasteiger partial charge on any atom is 0.343 e. The lowest BCUT2D eigenvalue weighted by Gasteiger charge is -2.15. The highest BCUT2D eigenvalue weighted by atomic mass is 79.9. The summed E-state index contributed by atoms with van der Waals surface area (Å²) in [5.41, 5.74) is 1.05. The fourth-order valence-corrected chi connectivity index (χ4v) is 3.91. The molecule has 5 nitrogen and oxygen atoms in total. The van der Waals surface area contributed by atoms with Gasteiger partial charge in [-0.1, -0.05) is 28.9 Å². The predicted molar refractivity (Wildman–Crippen MR) is 88.9 cm³/mol. The number of rotatable bonds is 6. The SMILES string of the molecule is CCNC(C)c1ccc(Sc2n[nH]c(=O)n2CC)cc1Br. The van der Waals surface area contributed by atoms with Gasteiger partial charge in [0.2, 0.25) is 0 Å². The molecule has 0 aliphatic carbocycles. The number of H-pyrrole nitrogens is 1. The van der Waals surface area contributed by atoms with Gasteiger partial charge in [0.25, 0.3) is 0 Å². The smallest absolute Gasteiger partial charge is 0.310 e. The minimum Gasteiger partial charge on any atom is -0.310 e. The Morgan fingerprint density at radius 3 is 2.86 bits per heavy atom. The molecule has 1 unspecified atom stereocenters. The summed E-state index contributed by atoms with van der Waals surface area (Å²) in [6.07, 6.45) is 0. The van der Waals surface area contributed by atoms with E-state index in [0.717, 1.165) is 15.9 Å². The second kappa shape index (κ2) is 7.29. The van der Waals surface area contributed by atoms with Crippen LogP contribution < -0.4 is 11.0 Å². The van der Waals surface area contributed by atoms with Crippen LogP contribution in [0.25, 0.3) is 0 Å². The van der Waals surface area contributed by atoms with Crippen molar-refractivity contribution in [3.05, 3.63) is 38.7 Å². The highest BCUT2D eigenvalue weighted by Crippen LogP contribution is 2.31. The van der Waals surface area contributed by atoms with Crippen molar-refractivity contribution in [1.29, 1.82) is 0 Å². The first kappa shape index (κ1) is 16.3. The molecule has 0 saturated heterocycles. The summed E-state index contributed by atoms with van der Waals surface area (Å²) in [6, 6.07) is 6.51. The topological polar surface area (TPSA) is 62.7 Å². The fraction of sp³-hybridized carbons (Fsp3) is 0.429. The lowest BCUT2D eigenvalue weighted by atomic mass is 10.1. The minimum absolute atomic E-state index is 0.170. The first-order valence-electron chi connectivity index (χ1n) is 6.92. The van der Waals surface area contributed by atoms with Gasteiger partial charge in [0.1, 0.15) is 0 Å². The molecule has 0 amide bonds. The number of nitrogens with zero attached hydrogens (tertiary/aromatic N) is 2. The highest BCUT2D eigenvalue weighted by Gasteiger charge is 2.12. The van der Waals surface area contributed by atoms with Crippen LogP contribution in [0.2, 0.25) is 0 Å². The maximum absolute atomic E-state index is 11.6. The van der Waals surface area contributed by atoms with E-state index < -0.39 is 0 Å². The van der Waals surface area contributed by atoms with E-state index in [4.69, 9.17) is 0 Å². The summed E-state index contributed by atoms with van der Waals surface area (Å²) in [4.78, 5) is 12.6. The molecule has 0 saturated carbocycles. The van der Waals surface area contributed by atoms with Gasteiger partial charge >= 0.3 is 5.69 Å². The lowest BCUT2D eigenvalue weighted by Crippen LogP contribution is -2.18. The van der Waals surface area contributed by atoms with Gasteiger partial charge in [0.15, 0.2) is 5.16 Å². The van der Waals surface area contributed by atoms with Gasteiger partial charge in [0.05, 0.1) is 0 Å². The summed E-state index contributed by atoms with van der Waals surface area (Å²) >= 11 is 5.10. The molecule has 0 radical (unpaired) electrons. The Morgan fingerprint density at radius 2 is 2.24 bits per heavy atom.